The summed E-state index contributed by atoms with van der Waals surface area (Å²) in [5, 5.41) is 0. The van der Waals surface area contributed by atoms with Gasteiger partial charge in [-0.3, -0.25) is 14.4 Å². The highest BCUT2D eigenvalue weighted by atomic mass is 16.6. The molecule has 3 rings (SSSR count). The van der Waals surface area contributed by atoms with Crippen LogP contribution in [0.2, 0.25) is 0 Å². The van der Waals surface area contributed by atoms with Crippen molar-refractivity contribution in [3.05, 3.63) is 11.6 Å². The number of methoxy groups -OCH3 is 2. The zero-order chi connectivity index (χ0) is 17.6. The molecule has 24 heavy (non-hydrogen) atoms. The third-order valence-corrected chi connectivity index (χ3v) is 5.85. The Hall–Kier alpha value is -1.69. The Kier molecular flexibility index (Phi) is 4.28. The summed E-state index contributed by atoms with van der Waals surface area (Å²) in [6, 6.07) is 0. The second kappa shape index (κ2) is 5.99. The fourth-order valence-corrected chi connectivity index (χ4v) is 4.71. The van der Waals surface area contributed by atoms with Crippen molar-refractivity contribution in [2.24, 2.45) is 23.7 Å². The number of hydrogen-bond donors (Lipinski definition) is 0. The molecule has 0 saturated carbocycles. The van der Waals surface area contributed by atoms with Crippen LogP contribution in [-0.2, 0) is 28.6 Å². The summed E-state index contributed by atoms with van der Waals surface area (Å²) >= 11 is 0. The fraction of sp³-hybridized carbons (Fsp3) is 0.722. The molecular formula is C18H24O6. The molecule has 3 aliphatic rings. The molecule has 6 nitrogen and oxygen atoms in total. The van der Waals surface area contributed by atoms with Crippen LogP contribution in [0.4, 0.5) is 0 Å². The number of fused-ring (bicyclic) bond motifs is 5. The summed E-state index contributed by atoms with van der Waals surface area (Å²) in [7, 11) is 2.58. The van der Waals surface area contributed by atoms with Gasteiger partial charge >= 0.3 is 11.9 Å². The summed E-state index contributed by atoms with van der Waals surface area (Å²) in [4.78, 5) is 37.4. The Morgan fingerprint density at radius 1 is 1.25 bits per heavy atom. The average molecular weight is 336 g/mol. The van der Waals surface area contributed by atoms with Gasteiger partial charge in [0.25, 0.3) is 0 Å². The number of allylic oxidation sites excluding steroid dienone is 1. The molecule has 6 atom stereocenters. The van der Waals surface area contributed by atoms with Gasteiger partial charge in [-0.05, 0) is 25.3 Å². The summed E-state index contributed by atoms with van der Waals surface area (Å²) in [5.74, 6) is -3.09. The Morgan fingerprint density at radius 3 is 2.50 bits per heavy atom. The lowest BCUT2D eigenvalue weighted by Gasteiger charge is -2.36. The van der Waals surface area contributed by atoms with Crippen molar-refractivity contribution in [3.8, 4) is 0 Å². The monoisotopic (exact) mass is 336 g/mol. The Bertz CT molecular complexity index is 609. The van der Waals surface area contributed by atoms with Crippen molar-refractivity contribution < 1.29 is 28.6 Å². The highest BCUT2D eigenvalue weighted by molar-refractivity contribution is 6.02. The molecule has 2 fully saturated rings. The number of hydrogen-bond acceptors (Lipinski definition) is 6. The molecule has 2 heterocycles. The van der Waals surface area contributed by atoms with E-state index in [0.29, 0.717) is 0 Å². The van der Waals surface area contributed by atoms with E-state index in [1.54, 1.807) is 0 Å². The van der Waals surface area contributed by atoms with Gasteiger partial charge in [0, 0.05) is 5.92 Å². The summed E-state index contributed by atoms with van der Waals surface area (Å²) in [6.07, 6.45) is 4.02. The predicted octanol–water partition coefficient (Wildman–Crippen LogP) is 1.67. The molecule has 132 valence electrons. The van der Waals surface area contributed by atoms with Gasteiger partial charge in [-0.25, -0.2) is 0 Å². The zero-order valence-electron chi connectivity index (χ0n) is 14.5. The number of carbonyl (C=O) groups is 3. The van der Waals surface area contributed by atoms with Crippen LogP contribution < -0.4 is 0 Å². The van der Waals surface area contributed by atoms with Crippen LogP contribution in [0.1, 0.15) is 33.1 Å². The van der Waals surface area contributed by atoms with Crippen molar-refractivity contribution in [3.63, 3.8) is 0 Å². The third-order valence-electron chi connectivity index (χ3n) is 5.85. The minimum Gasteiger partial charge on any atom is -0.469 e. The van der Waals surface area contributed by atoms with Gasteiger partial charge in [-0.2, -0.15) is 0 Å². The van der Waals surface area contributed by atoms with Crippen molar-refractivity contribution in [1.82, 2.24) is 0 Å². The molecule has 0 aromatic rings. The van der Waals surface area contributed by atoms with E-state index in [-0.39, 0.29) is 11.7 Å². The van der Waals surface area contributed by atoms with E-state index in [9.17, 15) is 14.4 Å². The van der Waals surface area contributed by atoms with Crippen molar-refractivity contribution in [1.29, 1.82) is 0 Å². The Labute approximate surface area is 141 Å². The van der Waals surface area contributed by atoms with Crippen molar-refractivity contribution in [2.45, 2.75) is 44.8 Å². The van der Waals surface area contributed by atoms with E-state index in [1.165, 1.54) is 14.2 Å². The quantitative estimate of drug-likeness (QED) is 0.711. The van der Waals surface area contributed by atoms with Crippen LogP contribution in [0.15, 0.2) is 11.6 Å². The minimum atomic E-state index is -0.912. The van der Waals surface area contributed by atoms with Gasteiger partial charge in [-0.15, -0.1) is 0 Å². The van der Waals surface area contributed by atoms with Crippen LogP contribution in [0.25, 0.3) is 0 Å². The van der Waals surface area contributed by atoms with Crippen LogP contribution in [0.5, 0.6) is 0 Å². The van der Waals surface area contributed by atoms with E-state index < -0.39 is 41.4 Å². The fourth-order valence-electron chi connectivity index (χ4n) is 4.71. The normalized spacial score (nSPS) is 39.6. The van der Waals surface area contributed by atoms with Crippen LogP contribution in [0, 0.1) is 23.7 Å². The molecule has 0 N–H and O–H groups in total. The molecule has 0 amide bonds. The lowest BCUT2D eigenvalue weighted by molar-refractivity contribution is -0.162. The maximum absolute atomic E-state index is 12.8. The zero-order valence-corrected chi connectivity index (χ0v) is 14.5. The molecular weight excluding hydrogens is 312 g/mol. The molecule has 0 unspecified atom stereocenters. The summed E-state index contributed by atoms with van der Waals surface area (Å²) in [6.45, 7) is 3.89. The van der Waals surface area contributed by atoms with Gasteiger partial charge in [0.15, 0.2) is 5.78 Å². The predicted molar refractivity (Wildman–Crippen MR) is 83.9 cm³/mol. The average Bonchev–Trinajstić information content (AvgIpc) is 3.16. The third kappa shape index (κ3) is 2.15. The van der Waals surface area contributed by atoms with Gasteiger partial charge < -0.3 is 14.2 Å². The molecule has 0 radical (unpaired) electrons. The van der Waals surface area contributed by atoms with Crippen LogP contribution in [-0.4, -0.2) is 43.6 Å². The highest BCUT2D eigenvalue weighted by Gasteiger charge is 2.73. The smallest absolute Gasteiger partial charge is 0.312 e. The second-order valence-corrected chi connectivity index (χ2v) is 7.03. The van der Waals surface area contributed by atoms with E-state index in [4.69, 9.17) is 14.2 Å². The second-order valence-electron chi connectivity index (χ2n) is 7.03. The highest BCUT2D eigenvalue weighted by Crippen LogP contribution is 2.61. The lowest BCUT2D eigenvalue weighted by Crippen LogP contribution is -2.52. The number of Topliss-reactive ketones (excluding diaryl/α,β-unsaturated/α-hetero) is 1. The van der Waals surface area contributed by atoms with Gasteiger partial charge in [-0.1, -0.05) is 19.4 Å². The van der Waals surface area contributed by atoms with Gasteiger partial charge in [0.05, 0.1) is 37.8 Å². The SMILES string of the molecule is CCCCC1=C[C@@H]2[C@H](C1=O)[C@@H]1O[C@@]2(C)[C@H](C(=O)OC)[C@@H]1C(=O)OC. The van der Waals surface area contributed by atoms with Gasteiger partial charge in [0.2, 0.25) is 0 Å². The van der Waals surface area contributed by atoms with Crippen molar-refractivity contribution in [2.75, 3.05) is 14.2 Å². The molecule has 2 bridgehead atoms. The van der Waals surface area contributed by atoms with Gasteiger partial charge in [0.1, 0.15) is 5.92 Å². The number of rotatable bonds is 5. The molecule has 0 spiro atoms. The first-order valence-electron chi connectivity index (χ1n) is 8.49. The summed E-state index contributed by atoms with van der Waals surface area (Å²) < 4.78 is 15.8. The Balaban J connectivity index is 1.98. The van der Waals surface area contributed by atoms with Crippen LogP contribution in [0.3, 0.4) is 0 Å². The maximum Gasteiger partial charge on any atom is 0.312 e. The molecule has 0 aromatic carbocycles. The lowest BCUT2D eigenvalue weighted by atomic mass is 9.63. The number of ether oxygens (including phenoxy) is 3. The Morgan fingerprint density at radius 2 is 1.92 bits per heavy atom. The molecule has 2 saturated heterocycles. The van der Waals surface area contributed by atoms with E-state index in [1.807, 2.05) is 13.0 Å². The summed E-state index contributed by atoms with van der Waals surface area (Å²) in [5.41, 5.74) is -0.106. The molecule has 2 aliphatic heterocycles. The van der Waals surface area contributed by atoms with Crippen molar-refractivity contribution >= 4 is 17.7 Å². The number of carbonyl (C=O) groups excluding carboxylic acids is 3. The first-order valence-corrected chi connectivity index (χ1v) is 8.49. The standard InChI is InChI=1S/C18H24O6/c1-5-6-7-9-8-10-11(14(9)19)15-12(16(20)22-3)13(17(21)23-4)18(10,2)24-15/h8,10-13,15H,5-7H2,1-4H3/t10-,11-,12+,13+,15+,18-/m1/s1. The maximum atomic E-state index is 12.8. The van der Waals surface area contributed by atoms with E-state index >= 15 is 0 Å². The van der Waals surface area contributed by atoms with Crippen LogP contribution >= 0.6 is 0 Å². The number of ketones is 1. The first-order chi connectivity index (χ1) is 11.4. The largest absolute Gasteiger partial charge is 0.469 e. The van der Waals surface area contributed by atoms with E-state index in [0.717, 1.165) is 24.8 Å². The van der Waals surface area contributed by atoms with E-state index in [2.05, 4.69) is 6.92 Å². The number of esters is 2. The molecule has 1 aliphatic carbocycles. The topological polar surface area (TPSA) is 78.9 Å². The molecule has 6 heteroatoms. The molecule has 0 aromatic heterocycles. The minimum absolute atomic E-state index is 0.0550. The first kappa shape index (κ1) is 17.1. The number of unbranched alkanes of at least 4 members (excludes halogenated alkanes) is 1.